The summed E-state index contributed by atoms with van der Waals surface area (Å²) in [5, 5.41) is 4.13. The number of morpholine rings is 1. The maximum absolute atomic E-state index is 13.1. The van der Waals surface area contributed by atoms with Gasteiger partial charge in [0.1, 0.15) is 0 Å². The van der Waals surface area contributed by atoms with Crippen LogP contribution in [0.1, 0.15) is 12.0 Å². The topological polar surface area (TPSA) is 71.2 Å². The number of rotatable bonds is 5. The molecule has 3 aromatic rings. The fourth-order valence-corrected chi connectivity index (χ4v) is 4.99. The molecule has 1 aromatic heterocycles. The van der Waals surface area contributed by atoms with Crippen LogP contribution in [-0.2, 0) is 21.0 Å². The van der Waals surface area contributed by atoms with Gasteiger partial charge >= 0.3 is 0 Å². The third-order valence-electron chi connectivity index (χ3n) is 4.84. The molecule has 6 heteroatoms. The lowest BCUT2D eigenvalue weighted by atomic mass is 10.0. The third kappa shape index (κ3) is 3.28. The zero-order valence-electron chi connectivity index (χ0n) is 14.4. The van der Waals surface area contributed by atoms with Gasteiger partial charge in [-0.05, 0) is 36.6 Å². The summed E-state index contributed by atoms with van der Waals surface area (Å²) in [5.74, 6) is 0. The number of nitrogens with one attached hydrogen (secondary N) is 2. The minimum Gasteiger partial charge on any atom is -0.376 e. The first-order valence-electron chi connectivity index (χ1n) is 8.88. The number of aryl methyl sites for hydroxylation is 1. The summed E-state index contributed by atoms with van der Waals surface area (Å²) in [6.07, 6.45) is 3.42. The Morgan fingerprint density at radius 2 is 1.92 bits per heavy atom. The van der Waals surface area contributed by atoms with Gasteiger partial charge in [0.2, 0.25) is 9.84 Å². The smallest absolute Gasteiger partial charge is 0.208 e. The molecule has 2 aromatic carbocycles. The fourth-order valence-electron chi connectivity index (χ4n) is 3.50. The molecule has 5 nitrogen and oxygen atoms in total. The first kappa shape index (κ1) is 17.3. The Kier molecular flexibility index (Phi) is 4.80. The second-order valence-corrected chi connectivity index (χ2v) is 8.46. The third-order valence-corrected chi connectivity index (χ3v) is 6.63. The molecule has 2 N–H and O–H groups in total. The Bertz CT molecular complexity index is 990. The SMILES string of the molecule is O=S(=O)(c1ccccc1)c1c[nH]c2cccc(CCC3CNCCO3)c12. The van der Waals surface area contributed by atoms with Crippen LogP contribution in [0.15, 0.2) is 64.5 Å². The Hall–Kier alpha value is -2.15. The summed E-state index contributed by atoms with van der Waals surface area (Å²) in [6, 6.07) is 14.5. The van der Waals surface area contributed by atoms with Gasteiger partial charge in [0, 0.05) is 30.2 Å². The van der Waals surface area contributed by atoms with Gasteiger partial charge < -0.3 is 15.0 Å². The van der Waals surface area contributed by atoms with Crippen molar-refractivity contribution in [3.05, 3.63) is 60.3 Å². The maximum Gasteiger partial charge on any atom is 0.208 e. The van der Waals surface area contributed by atoms with Crippen LogP contribution in [-0.4, -0.2) is 39.2 Å². The summed E-state index contributed by atoms with van der Waals surface area (Å²) in [4.78, 5) is 3.78. The standard InChI is InChI=1S/C20H22N2O3S/c23-26(24,17-6-2-1-3-7-17)19-14-22-18-8-4-5-15(20(18)19)9-10-16-13-21-11-12-25-16/h1-8,14,16,21-22H,9-13H2. The van der Waals surface area contributed by atoms with E-state index in [1.54, 1.807) is 30.5 Å². The van der Waals surface area contributed by atoms with Crippen molar-refractivity contribution >= 4 is 20.7 Å². The van der Waals surface area contributed by atoms with Crippen LogP contribution < -0.4 is 5.32 Å². The second-order valence-electron chi connectivity index (χ2n) is 6.54. The van der Waals surface area contributed by atoms with Crippen molar-refractivity contribution in [3.63, 3.8) is 0 Å². The van der Waals surface area contributed by atoms with E-state index in [9.17, 15) is 8.42 Å². The molecule has 1 aliphatic heterocycles. The van der Waals surface area contributed by atoms with E-state index >= 15 is 0 Å². The lowest BCUT2D eigenvalue weighted by Crippen LogP contribution is -2.38. The van der Waals surface area contributed by atoms with Crippen LogP contribution in [0.3, 0.4) is 0 Å². The molecule has 0 spiro atoms. The van der Waals surface area contributed by atoms with Gasteiger partial charge in [-0.2, -0.15) is 0 Å². The normalized spacial score (nSPS) is 18.2. The summed E-state index contributed by atoms with van der Waals surface area (Å²) in [5.41, 5.74) is 1.88. The Morgan fingerprint density at radius 3 is 2.69 bits per heavy atom. The van der Waals surface area contributed by atoms with E-state index in [0.29, 0.717) is 9.79 Å². The highest BCUT2D eigenvalue weighted by atomic mass is 32.2. The Balaban J connectivity index is 1.70. The van der Waals surface area contributed by atoms with Crippen molar-refractivity contribution in [2.75, 3.05) is 19.7 Å². The summed E-state index contributed by atoms with van der Waals surface area (Å²) >= 11 is 0. The molecule has 1 atom stereocenters. The highest BCUT2D eigenvalue weighted by molar-refractivity contribution is 7.91. The lowest BCUT2D eigenvalue weighted by Gasteiger charge is -2.23. The quantitative estimate of drug-likeness (QED) is 0.724. The summed E-state index contributed by atoms with van der Waals surface area (Å²) < 4.78 is 32.0. The zero-order valence-corrected chi connectivity index (χ0v) is 15.3. The van der Waals surface area contributed by atoms with E-state index < -0.39 is 9.84 Å². The first-order valence-corrected chi connectivity index (χ1v) is 10.4. The van der Waals surface area contributed by atoms with Crippen LogP contribution in [0.25, 0.3) is 10.9 Å². The van der Waals surface area contributed by atoms with Crippen LogP contribution >= 0.6 is 0 Å². The van der Waals surface area contributed by atoms with E-state index in [0.717, 1.165) is 49.0 Å². The minimum atomic E-state index is -3.56. The minimum absolute atomic E-state index is 0.173. The average molecular weight is 370 g/mol. The van der Waals surface area contributed by atoms with Crippen LogP contribution in [0.2, 0.25) is 0 Å². The summed E-state index contributed by atoms with van der Waals surface area (Å²) in [6.45, 7) is 2.47. The molecule has 2 heterocycles. The van der Waals surface area contributed by atoms with E-state index in [1.165, 1.54) is 0 Å². The molecule has 1 saturated heterocycles. The van der Waals surface area contributed by atoms with Gasteiger partial charge in [0.25, 0.3) is 0 Å². The average Bonchev–Trinajstić information content (AvgIpc) is 3.13. The number of fused-ring (bicyclic) bond motifs is 1. The number of aromatic amines is 1. The van der Waals surface area contributed by atoms with E-state index in [1.807, 2.05) is 24.3 Å². The van der Waals surface area contributed by atoms with Crippen LogP contribution in [0, 0.1) is 0 Å². The molecule has 1 unspecified atom stereocenters. The number of sulfone groups is 1. The van der Waals surface area contributed by atoms with Gasteiger partial charge in [-0.25, -0.2) is 8.42 Å². The second kappa shape index (κ2) is 7.23. The molecule has 1 aliphatic rings. The number of hydrogen-bond acceptors (Lipinski definition) is 4. The van der Waals surface area contributed by atoms with Gasteiger partial charge in [-0.15, -0.1) is 0 Å². The predicted molar refractivity (Wildman–Crippen MR) is 101 cm³/mol. The van der Waals surface area contributed by atoms with Crippen molar-refractivity contribution in [1.82, 2.24) is 10.3 Å². The predicted octanol–water partition coefficient (Wildman–Crippen LogP) is 2.92. The largest absolute Gasteiger partial charge is 0.376 e. The molecule has 1 fully saturated rings. The number of aromatic nitrogens is 1. The van der Waals surface area contributed by atoms with E-state index in [4.69, 9.17) is 4.74 Å². The van der Waals surface area contributed by atoms with E-state index in [-0.39, 0.29) is 6.10 Å². The molecule has 0 saturated carbocycles. The summed E-state index contributed by atoms with van der Waals surface area (Å²) in [7, 11) is -3.56. The van der Waals surface area contributed by atoms with Gasteiger partial charge in [0.15, 0.2) is 0 Å². The number of ether oxygens (including phenoxy) is 1. The van der Waals surface area contributed by atoms with E-state index in [2.05, 4.69) is 10.3 Å². The number of hydrogen-bond donors (Lipinski definition) is 2. The molecule has 0 amide bonds. The van der Waals surface area contributed by atoms with Crippen LogP contribution in [0.5, 0.6) is 0 Å². The van der Waals surface area contributed by atoms with Gasteiger partial charge in [-0.1, -0.05) is 30.3 Å². The van der Waals surface area contributed by atoms with Crippen molar-refractivity contribution in [3.8, 4) is 0 Å². The molecule has 4 rings (SSSR count). The monoisotopic (exact) mass is 370 g/mol. The molecule has 0 bridgehead atoms. The van der Waals surface area contributed by atoms with Crippen molar-refractivity contribution in [2.45, 2.75) is 28.7 Å². The highest BCUT2D eigenvalue weighted by Gasteiger charge is 2.23. The van der Waals surface area contributed by atoms with Gasteiger partial charge in [-0.3, -0.25) is 0 Å². The maximum atomic E-state index is 13.1. The number of benzene rings is 2. The molecule has 0 aliphatic carbocycles. The zero-order chi connectivity index (χ0) is 18.0. The first-order chi connectivity index (χ1) is 12.7. The molecular formula is C20H22N2O3S. The fraction of sp³-hybridized carbons (Fsp3) is 0.300. The van der Waals surface area contributed by atoms with Crippen LogP contribution in [0.4, 0.5) is 0 Å². The van der Waals surface area contributed by atoms with Gasteiger partial charge in [0.05, 0.1) is 22.5 Å². The molecule has 26 heavy (non-hydrogen) atoms. The molecule has 136 valence electrons. The van der Waals surface area contributed by atoms with Crippen molar-refractivity contribution in [2.24, 2.45) is 0 Å². The van der Waals surface area contributed by atoms with Crippen molar-refractivity contribution < 1.29 is 13.2 Å². The molecule has 0 radical (unpaired) electrons. The molecular weight excluding hydrogens is 348 g/mol. The van der Waals surface area contributed by atoms with Crippen molar-refractivity contribution in [1.29, 1.82) is 0 Å². The Morgan fingerprint density at radius 1 is 1.08 bits per heavy atom. The lowest BCUT2D eigenvalue weighted by molar-refractivity contribution is 0.0239. The number of H-pyrrole nitrogens is 1. The highest BCUT2D eigenvalue weighted by Crippen LogP contribution is 2.31. The Labute approximate surface area is 153 Å².